The van der Waals surface area contributed by atoms with Gasteiger partial charge in [0.05, 0.1) is 33.9 Å². The lowest BCUT2D eigenvalue weighted by Gasteiger charge is -2.32. The number of hydrogen-bond acceptors (Lipinski definition) is 6. The van der Waals surface area contributed by atoms with Crippen molar-refractivity contribution in [2.24, 2.45) is 0 Å². The van der Waals surface area contributed by atoms with Gasteiger partial charge in [0.15, 0.2) is 11.5 Å². The first kappa shape index (κ1) is 28.1. The molecule has 8 nitrogen and oxygen atoms in total. The number of rotatable bonds is 12. The SMILES string of the molecule is COc1ccc(CC(=O)N(Cc2ccccc2)[C@@H](C(=O)NCCN2CCOCC2)c2ccccc2)cc1OC. The lowest BCUT2D eigenvalue weighted by Crippen LogP contribution is -2.46. The van der Waals surface area contributed by atoms with Gasteiger partial charge in [-0.15, -0.1) is 0 Å². The van der Waals surface area contributed by atoms with Crippen molar-refractivity contribution in [3.63, 3.8) is 0 Å². The second-order valence-electron chi connectivity index (χ2n) is 9.43. The van der Waals surface area contributed by atoms with Gasteiger partial charge in [0.2, 0.25) is 11.8 Å². The molecule has 0 unspecified atom stereocenters. The van der Waals surface area contributed by atoms with Crippen LogP contribution in [0.2, 0.25) is 0 Å². The molecule has 0 saturated carbocycles. The van der Waals surface area contributed by atoms with Crippen molar-refractivity contribution in [3.05, 3.63) is 95.6 Å². The van der Waals surface area contributed by atoms with Gasteiger partial charge in [-0.2, -0.15) is 0 Å². The highest BCUT2D eigenvalue weighted by Crippen LogP contribution is 2.29. The van der Waals surface area contributed by atoms with E-state index >= 15 is 0 Å². The van der Waals surface area contributed by atoms with E-state index in [1.807, 2.05) is 66.7 Å². The number of methoxy groups -OCH3 is 2. The molecule has 206 valence electrons. The maximum Gasteiger partial charge on any atom is 0.247 e. The van der Waals surface area contributed by atoms with E-state index in [2.05, 4.69) is 10.2 Å². The molecule has 0 radical (unpaired) electrons. The molecule has 1 aliphatic rings. The average Bonchev–Trinajstić information content (AvgIpc) is 2.98. The molecular weight excluding hydrogens is 494 g/mol. The van der Waals surface area contributed by atoms with Crippen LogP contribution in [0.1, 0.15) is 22.7 Å². The van der Waals surface area contributed by atoms with Crippen LogP contribution in [0.25, 0.3) is 0 Å². The van der Waals surface area contributed by atoms with E-state index in [4.69, 9.17) is 14.2 Å². The number of benzene rings is 3. The Morgan fingerprint density at radius 2 is 1.56 bits per heavy atom. The predicted molar refractivity (Wildman–Crippen MR) is 150 cm³/mol. The Morgan fingerprint density at radius 1 is 0.897 bits per heavy atom. The van der Waals surface area contributed by atoms with E-state index in [1.165, 1.54) is 0 Å². The maximum atomic E-state index is 14.0. The van der Waals surface area contributed by atoms with Gasteiger partial charge in [0.25, 0.3) is 0 Å². The molecule has 0 bridgehead atoms. The number of amides is 2. The van der Waals surface area contributed by atoms with Crippen LogP contribution in [0.3, 0.4) is 0 Å². The fourth-order valence-corrected chi connectivity index (χ4v) is 4.74. The summed E-state index contributed by atoms with van der Waals surface area (Å²) in [5, 5.41) is 3.10. The van der Waals surface area contributed by atoms with Crippen molar-refractivity contribution in [1.82, 2.24) is 15.1 Å². The molecule has 1 saturated heterocycles. The summed E-state index contributed by atoms with van der Waals surface area (Å²) in [4.78, 5) is 31.7. The molecule has 2 amide bonds. The Bertz CT molecular complexity index is 1200. The first-order valence-electron chi connectivity index (χ1n) is 13.3. The summed E-state index contributed by atoms with van der Waals surface area (Å²) in [5.74, 6) is 0.781. The standard InChI is InChI=1S/C31H37N3O5/c1-37-27-14-13-25(21-28(27)38-2)22-29(35)34(23-24-9-5-3-6-10-24)30(26-11-7-4-8-12-26)31(36)32-15-16-33-17-19-39-20-18-33/h3-14,21,30H,15-20,22-23H2,1-2H3,(H,32,36)/t30-/m1/s1. The monoisotopic (exact) mass is 531 g/mol. The topological polar surface area (TPSA) is 80.3 Å². The second-order valence-corrected chi connectivity index (χ2v) is 9.43. The van der Waals surface area contributed by atoms with E-state index in [1.54, 1.807) is 31.3 Å². The molecule has 1 N–H and O–H groups in total. The zero-order chi connectivity index (χ0) is 27.5. The fraction of sp³-hybridized carbons (Fsp3) is 0.355. The van der Waals surface area contributed by atoms with Gasteiger partial charge in [-0.25, -0.2) is 0 Å². The molecule has 0 aliphatic carbocycles. The number of nitrogens with zero attached hydrogens (tertiary/aromatic N) is 2. The molecule has 1 heterocycles. The van der Waals surface area contributed by atoms with E-state index in [0.29, 0.717) is 37.8 Å². The van der Waals surface area contributed by atoms with Gasteiger partial charge >= 0.3 is 0 Å². The van der Waals surface area contributed by atoms with Gasteiger partial charge < -0.3 is 24.4 Å². The summed E-state index contributed by atoms with van der Waals surface area (Å²) >= 11 is 0. The summed E-state index contributed by atoms with van der Waals surface area (Å²) < 4.78 is 16.2. The Balaban J connectivity index is 1.60. The van der Waals surface area contributed by atoms with E-state index in [0.717, 1.165) is 36.3 Å². The quantitative estimate of drug-likeness (QED) is 0.386. The smallest absolute Gasteiger partial charge is 0.247 e. The Kier molecular flexibility index (Phi) is 10.3. The lowest BCUT2D eigenvalue weighted by atomic mass is 10.0. The normalized spacial score (nSPS) is 14.3. The molecule has 1 aliphatic heterocycles. The number of nitrogens with one attached hydrogen (secondary N) is 1. The largest absolute Gasteiger partial charge is 0.493 e. The number of ether oxygens (including phenoxy) is 3. The maximum absolute atomic E-state index is 14.0. The highest BCUT2D eigenvalue weighted by atomic mass is 16.5. The van der Waals surface area contributed by atoms with Crippen molar-refractivity contribution in [1.29, 1.82) is 0 Å². The lowest BCUT2D eigenvalue weighted by molar-refractivity contribution is -0.141. The Hall–Kier alpha value is -3.88. The van der Waals surface area contributed by atoms with Crippen molar-refractivity contribution < 1.29 is 23.8 Å². The van der Waals surface area contributed by atoms with Gasteiger partial charge in [-0.05, 0) is 28.8 Å². The molecule has 1 atom stereocenters. The van der Waals surface area contributed by atoms with Gasteiger partial charge in [0, 0.05) is 32.7 Å². The first-order chi connectivity index (χ1) is 19.1. The molecule has 0 aromatic heterocycles. The molecule has 0 spiro atoms. The van der Waals surface area contributed by atoms with Gasteiger partial charge in [0.1, 0.15) is 6.04 Å². The van der Waals surface area contributed by atoms with Crippen molar-refractivity contribution in [3.8, 4) is 11.5 Å². The number of morpholine rings is 1. The third-order valence-electron chi connectivity index (χ3n) is 6.83. The van der Waals surface area contributed by atoms with Crippen molar-refractivity contribution in [2.45, 2.75) is 19.0 Å². The van der Waals surface area contributed by atoms with Gasteiger partial charge in [-0.1, -0.05) is 66.7 Å². The van der Waals surface area contributed by atoms with Crippen LogP contribution in [-0.2, 0) is 27.3 Å². The summed E-state index contributed by atoms with van der Waals surface area (Å²) in [6, 6.07) is 23.9. The van der Waals surface area contributed by atoms with Crippen LogP contribution in [0, 0.1) is 0 Å². The number of carbonyl (C=O) groups excluding carboxylic acids is 2. The second kappa shape index (κ2) is 14.3. The molecule has 39 heavy (non-hydrogen) atoms. The molecule has 4 rings (SSSR count). The van der Waals surface area contributed by atoms with Crippen LogP contribution < -0.4 is 14.8 Å². The van der Waals surface area contributed by atoms with E-state index in [9.17, 15) is 9.59 Å². The summed E-state index contributed by atoms with van der Waals surface area (Å²) in [6.45, 7) is 4.62. The Morgan fingerprint density at radius 3 is 2.23 bits per heavy atom. The van der Waals surface area contributed by atoms with Crippen LogP contribution in [0.15, 0.2) is 78.9 Å². The zero-order valence-electron chi connectivity index (χ0n) is 22.7. The third-order valence-corrected chi connectivity index (χ3v) is 6.83. The van der Waals surface area contributed by atoms with E-state index < -0.39 is 6.04 Å². The number of carbonyl (C=O) groups is 2. The zero-order valence-corrected chi connectivity index (χ0v) is 22.7. The molecule has 1 fully saturated rings. The highest BCUT2D eigenvalue weighted by Gasteiger charge is 2.31. The summed E-state index contributed by atoms with van der Waals surface area (Å²) in [5.41, 5.74) is 2.48. The van der Waals surface area contributed by atoms with Crippen molar-refractivity contribution >= 4 is 11.8 Å². The molecular formula is C31H37N3O5. The first-order valence-corrected chi connectivity index (χ1v) is 13.3. The predicted octanol–water partition coefficient (Wildman–Crippen LogP) is 3.46. The molecule has 3 aromatic carbocycles. The highest BCUT2D eigenvalue weighted by molar-refractivity contribution is 5.89. The molecule has 3 aromatic rings. The Labute approximate surface area is 230 Å². The van der Waals surface area contributed by atoms with Gasteiger partial charge in [-0.3, -0.25) is 14.5 Å². The average molecular weight is 532 g/mol. The van der Waals surface area contributed by atoms with E-state index in [-0.39, 0.29) is 18.2 Å². The van der Waals surface area contributed by atoms with Crippen LogP contribution in [0.4, 0.5) is 0 Å². The fourth-order valence-electron chi connectivity index (χ4n) is 4.74. The summed E-state index contributed by atoms with van der Waals surface area (Å²) in [7, 11) is 3.14. The number of hydrogen-bond donors (Lipinski definition) is 1. The van der Waals surface area contributed by atoms with Crippen molar-refractivity contribution in [2.75, 3.05) is 53.6 Å². The summed E-state index contributed by atoms with van der Waals surface area (Å²) in [6.07, 6.45) is 0.109. The molecule has 8 heteroatoms. The van der Waals surface area contributed by atoms with Crippen LogP contribution >= 0.6 is 0 Å². The third kappa shape index (κ3) is 7.81. The van der Waals surface area contributed by atoms with Crippen LogP contribution in [0.5, 0.6) is 11.5 Å². The minimum Gasteiger partial charge on any atom is -0.493 e. The van der Waals surface area contributed by atoms with Crippen LogP contribution in [-0.4, -0.2) is 75.2 Å². The minimum atomic E-state index is -0.788. The minimum absolute atomic E-state index is 0.109.